The Bertz CT molecular complexity index is 1400. The molecule has 0 spiro atoms. The molecule has 4 aromatic rings. The molecule has 0 aliphatic carbocycles. The zero-order valence-electron chi connectivity index (χ0n) is 16.1. The maximum absolute atomic E-state index is 13.9. The maximum Gasteiger partial charge on any atom is 0.303 e. The Morgan fingerprint density at radius 2 is 1.61 bits per heavy atom. The first-order chi connectivity index (χ1) is 14.8. The van der Waals surface area contributed by atoms with E-state index in [1.165, 1.54) is 6.20 Å². The van der Waals surface area contributed by atoms with Gasteiger partial charge in [-0.2, -0.15) is 0 Å². The van der Waals surface area contributed by atoms with Gasteiger partial charge in [-0.25, -0.2) is 12.4 Å². The van der Waals surface area contributed by atoms with Gasteiger partial charge < -0.3 is 5.11 Å². The molecule has 0 unspecified atom stereocenters. The highest BCUT2D eigenvalue weighted by Gasteiger charge is 2.28. The molecule has 0 radical (unpaired) electrons. The predicted molar refractivity (Wildman–Crippen MR) is 122 cm³/mol. The van der Waals surface area contributed by atoms with E-state index in [-0.39, 0.29) is 27.8 Å². The summed E-state index contributed by atoms with van der Waals surface area (Å²) in [5.74, 6) is -0.955. The van der Waals surface area contributed by atoms with Gasteiger partial charge in [0, 0.05) is 23.6 Å². The van der Waals surface area contributed by atoms with Crippen LogP contribution in [0.15, 0.2) is 77.8 Å². The number of para-hydroxylation sites is 1. The van der Waals surface area contributed by atoms with E-state index in [2.05, 4.69) is 0 Å². The standard InChI is InChI=1S/C23H17Cl2NO4S/c24-19-12-11-18(15-6-2-1-3-7-15)23(22(19)25)31(29,30)26-14-16(10-13-21(27)28)17-8-4-5-9-20(17)26/h1-9,11-12,14H,10,13H2,(H,27,28). The highest BCUT2D eigenvalue weighted by Crippen LogP contribution is 2.39. The van der Waals surface area contributed by atoms with Crippen LogP contribution in [0.3, 0.4) is 0 Å². The van der Waals surface area contributed by atoms with Gasteiger partial charge in [-0.05, 0) is 29.7 Å². The zero-order chi connectivity index (χ0) is 22.2. The number of halogens is 2. The second kappa shape index (κ2) is 8.38. The second-order valence-corrected chi connectivity index (χ2v) is 9.51. The number of hydrogen-bond donors (Lipinski definition) is 1. The average molecular weight is 474 g/mol. The number of aryl methyl sites for hydroxylation is 1. The highest BCUT2D eigenvalue weighted by atomic mass is 35.5. The smallest absolute Gasteiger partial charge is 0.303 e. The minimum Gasteiger partial charge on any atom is -0.481 e. The average Bonchev–Trinajstić information content (AvgIpc) is 3.14. The molecule has 1 heterocycles. The summed E-state index contributed by atoms with van der Waals surface area (Å²) in [6.45, 7) is 0. The van der Waals surface area contributed by atoms with Crippen LogP contribution in [0.1, 0.15) is 12.0 Å². The molecule has 1 aromatic heterocycles. The van der Waals surface area contributed by atoms with E-state index in [0.717, 1.165) is 3.97 Å². The van der Waals surface area contributed by atoms with E-state index >= 15 is 0 Å². The van der Waals surface area contributed by atoms with Crippen LogP contribution in [0.5, 0.6) is 0 Å². The topological polar surface area (TPSA) is 76.4 Å². The summed E-state index contributed by atoms with van der Waals surface area (Å²) in [7, 11) is -4.16. The largest absolute Gasteiger partial charge is 0.481 e. The second-order valence-electron chi connectivity index (χ2n) is 6.97. The Kier molecular flexibility index (Phi) is 5.79. The van der Waals surface area contributed by atoms with Crippen molar-refractivity contribution < 1.29 is 18.3 Å². The summed E-state index contributed by atoms with van der Waals surface area (Å²) in [6, 6.07) is 19.2. The van der Waals surface area contributed by atoms with E-state index in [1.807, 2.05) is 18.2 Å². The normalized spacial score (nSPS) is 11.7. The molecule has 4 rings (SSSR count). The van der Waals surface area contributed by atoms with Crippen molar-refractivity contribution in [2.75, 3.05) is 0 Å². The number of nitrogens with zero attached hydrogens (tertiary/aromatic N) is 1. The van der Waals surface area contributed by atoms with Crippen LogP contribution in [-0.4, -0.2) is 23.5 Å². The van der Waals surface area contributed by atoms with Crippen molar-refractivity contribution in [2.24, 2.45) is 0 Å². The van der Waals surface area contributed by atoms with Crippen LogP contribution in [0.25, 0.3) is 22.0 Å². The van der Waals surface area contributed by atoms with Crippen LogP contribution in [0, 0.1) is 0 Å². The molecular weight excluding hydrogens is 457 g/mol. The van der Waals surface area contributed by atoms with Gasteiger partial charge in [-0.1, -0.05) is 77.8 Å². The number of aromatic nitrogens is 1. The summed E-state index contributed by atoms with van der Waals surface area (Å²) in [5, 5.41) is 9.80. The molecule has 3 aromatic carbocycles. The lowest BCUT2D eigenvalue weighted by molar-refractivity contribution is -0.136. The summed E-state index contributed by atoms with van der Waals surface area (Å²) in [6.07, 6.45) is 1.56. The van der Waals surface area contributed by atoms with Crippen LogP contribution < -0.4 is 0 Å². The van der Waals surface area contributed by atoms with Crippen molar-refractivity contribution in [3.63, 3.8) is 0 Å². The minimum atomic E-state index is -4.16. The zero-order valence-corrected chi connectivity index (χ0v) is 18.5. The van der Waals surface area contributed by atoms with Crippen LogP contribution in [0.2, 0.25) is 10.0 Å². The third-order valence-corrected chi connectivity index (χ3v) is 7.70. The number of hydrogen-bond acceptors (Lipinski definition) is 3. The summed E-state index contributed by atoms with van der Waals surface area (Å²) < 4.78 is 28.9. The molecule has 8 heteroatoms. The van der Waals surface area contributed by atoms with Gasteiger partial charge in [0.1, 0.15) is 4.90 Å². The first kappa shape index (κ1) is 21.4. The Labute approximate surface area is 189 Å². The van der Waals surface area contributed by atoms with E-state index in [0.29, 0.717) is 27.6 Å². The van der Waals surface area contributed by atoms with Crippen LogP contribution in [0.4, 0.5) is 0 Å². The lowest BCUT2D eigenvalue weighted by Gasteiger charge is -2.15. The van der Waals surface area contributed by atoms with E-state index in [4.69, 9.17) is 28.3 Å². The first-order valence-corrected chi connectivity index (χ1v) is 11.6. The molecular formula is C23H17Cl2NO4S. The molecule has 0 aliphatic rings. The van der Waals surface area contributed by atoms with Crippen molar-refractivity contribution in [1.29, 1.82) is 0 Å². The number of fused-ring (bicyclic) bond motifs is 1. The minimum absolute atomic E-state index is 0.0621. The van der Waals surface area contributed by atoms with E-state index < -0.39 is 16.0 Å². The Morgan fingerprint density at radius 3 is 2.32 bits per heavy atom. The van der Waals surface area contributed by atoms with Crippen molar-refractivity contribution >= 4 is 50.1 Å². The van der Waals surface area contributed by atoms with Gasteiger partial charge in [0.05, 0.1) is 15.6 Å². The van der Waals surface area contributed by atoms with E-state index in [1.54, 1.807) is 48.5 Å². The third kappa shape index (κ3) is 3.94. The number of rotatable bonds is 6. The Hall–Kier alpha value is -2.80. The Balaban J connectivity index is 1.98. The number of carbonyl (C=O) groups is 1. The van der Waals surface area contributed by atoms with Gasteiger partial charge in [0.25, 0.3) is 10.0 Å². The summed E-state index contributed by atoms with van der Waals surface area (Å²) in [5.41, 5.74) is 2.18. The molecule has 1 N–H and O–H groups in total. The first-order valence-electron chi connectivity index (χ1n) is 9.40. The number of benzene rings is 3. The highest BCUT2D eigenvalue weighted by molar-refractivity contribution is 7.90. The summed E-state index contributed by atoms with van der Waals surface area (Å²) in [4.78, 5) is 11.0. The molecule has 31 heavy (non-hydrogen) atoms. The Morgan fingerprint density at radius 1 is 0.935 bits per heavy atom. The lowest BCUT2D eigenvalue weighted by Crippen LogP contribution is -2.14. The van der Waals surface area contributed by atoms with Crippen LogP contribution in [-0.2, 0) is 21.2 Å². The number of carboxylic acid groups (broad SMARTS) is 1. The van der Waals surface area contributed by atoms with Crippen molar-refractivity contribution in [3.8, 4) is 11.1 Å². The van der Waals surface area contributed by atoms with Crippen molar-refractivity contribution in [2.45, 2.75) is 17.7 Å². The van der Waals surface area contributed by atoms with E-state index in [9.17, 15) is 13.2 Å². The fourth-order valence-electron chi connectivity index (χ4n) is 3.59. The molecule has 0 fully saturated rings. The van der Waals surface area contributed by atoms with Gasteiger partial charge in [-0.15, -0.1) is 0 Å². The molecule has 0 amide bonds. The lowest BCUT2D eigenvalue weighted by atomic mass is 10.1. The summed E-state index contributed by atoms with van der Waals surface area (Å²) >= 11 is 12.6. The molecule has 158 valence electrons. The molecule has 0 aliphatic heterocycles. The predicted octanol–water partition coefficient (Wildman–Crippen LogP) is 5.87. The number of carboxylic acids is 1. The van der Waals surface area contributed by atoms with Gasteiger partial charge in [0.15, 0.2) is 0 Å². The molecule has 0 bridgehead atoms. The molecule has 0 saturated carbocycles. The van der Waals surface area contributed by atoms with Gasteiger partial charge in [0.2, 0.25) is 0 Å². The quantitative estimate of drug-likeness (QED) is 0.379. The molecule has 5 nitrogen and oxygen atoms in total. The number of aliphatic carboxylic acids is 1. The van der Waals surface area contributed by atoms with Gasteiger partial charge in [-0.3, -0.25) is 4.79 Å². The fraction of sp³-hybridized carbons (Fsp3) is 0.0870. The van der Waals surface area contributed by atoms with Gasteiger partial charge >= 0.3 is 5.97 Å². The fourth-order valence-corrected chi connectivity index (χ4v) is 5.94. The third-order valence-electron chi connectivity index (χ3n) is 5.02. The SMILES string of the molecule is O=C(O)CCc1cn(S(=O)(=O)c2c(-c3ccccc3)ccc(Cl)c2Cl)c2ccccc12. The van der Waals surface area contributed by atoms with Crippen molar-refractivity contribution in [1.82, 2.24) is 3.97 Å². The monoisotopic (exact) mass is 473 g/mol. The van der Waals surface area contributed by atoms with Crippen molar-refractivity contribution in [3.05, 3.63) is 88.5 Å². The molecule has 0 saturated heterocycles. The molecule has 0 atom stereocenters. The van der Waals surface area contributed by atoms with Crippen LogP contribution >= 0.6 is 23.2 Å². The maximum atomic E-state index is 13.9.